The Balaban J connectivity index is 0.000000157. The number of aliphatic hydroxyl groups is 1. The monoisotopic (exact) mass is 846 g/mol. The van der Waals surface area contributed by atoms with Crippen molar-refractivity contribution in [2.24, 2.45) is 52.3 Å². The zero-order valence-electron chi connectivity index (χ0n) is 36.5. The normalized spacial score (nSPS) is 47.6. The first-order valence-electron chi connectivity index (χ1n) is 23.1. The summed E-state index contributed by atoms with van der Waals surface area (Å²) in [5.41, 5.74) is 6.68. The number of ketones is 1. The minimum absolute atomic E-state index is 0. The highest BCUT2D eigenvalue weighted by Crippen LogP contribution is 2.66. The minimum Gasteiger partial charge on any atom is -0.385 e. The van der Waals surface area contributed by atoms with Crippen LogP contribution in [0.5, 0.6) is 0 Å². The summed E-state index contributed by atoms with van der Waals surface area (Å²) in [4.78, 5) is 13.5. The van der Waals surface area contributed by atoms with Crippen molar-refractivity contribution in [3.05, 3.63) is 45.6 Å². The molecule has 0 aromatic rings. The van der Waals surface area contributed by atoms with Crippen molar-refractivity contribution in [3.8, 4) is 6.57 Å². The second-order valence-corrected chi connectivity index (χ2v) is 21.3. The maximum absolute atomic E-state index is 13.5. The first-order valence-corrected chi connectivity index (χ1v) is 23.1. The standard InChI is InChI=1S/C25H38O3.C23H28O6.CHN.2CH4/c1-15-14-24(26)8-6-19-20(12-22(24)18(4)17(15)3)16(2)13-23(5)21(19)7-9-25(23)27-10-11-28-25;1-12-18-11-22-5-3-13-14(9-16(22)19(12)28-20(27-18)29-22)17(24)10-21(2)15(13)4-6-23(21)25-7-8-26-23;1-2;;/h12,15-18,21,26H,6-11,13-14H2,1-5H3;9,12,15,18-20H,3-8,10-11H2,1-2H3;1H;2*1H4/t15-,16?,17+,18-,21-,23-,24+;12?,15-,18?,19?,20?,21-,22?;;;/m00.../s1. The lowest BCUT2D eigenvalue weighted by atomic mass is 9.61. The highest BCUT2D eigenvalue weighted by Gasteiger charge is 2.67. The zero-order valence-corrected chi connectivity index (χ0v) is 36.5. The number of fused-ring (bicyclic) bond motifs is 7. The van der Waals surface area contributed by atoms with E-state index in [1.807, 2.05) is 0 Å². The molecule has 0 aromatic heterocycles. The topological polar surface area (TPSA) is 126 Å². The van der Waals surface area contributed by atoms with Crippen LogP contribution >= 0.6 is 0 Å². The molecule has 13 aliphatic rings. The molecule has 61 heavy (non-hydrogen) atoms. The van der Waals surface area contributed by atoms with Crippen molar-refractivity contribution < 1.29 is 43.1 Å². The third-order valence-corrected chi connectivity index (χ3v) is 18.8. The summed E-state index contributed by atoms with van der Waals surface area (Å²) in [6.07, 6.45) is 15.9. The largest absolute Gasteiger partial charge is 0.385 e. The quantitative estimate of drug-likeness (QED) is 0.252. The predicted molar refractivity (Wildman–Crippen MR) is 231 cm³/mol. The molecule has 6 unspecified atom stereocenters. The van der Waals surface area contributed by atoms with Crippen LogP contribution in [0.1, 0.15) is 140 Å². The molecule has 4 bridgehead atoms. The number of hydrogen-bond donors (Lipinski definition) is 1. The van der Waals surface area contributed by atoms with Crippen LogP contribution in [0.3, 0.4) is 0 Å². The maximum atomic E-state index is 13.5. The summed E-state index contributed by atoms with van der Waals surface area (Å²) in [6.45, 7) is 21.9. The molecular formula is C51H75NO9. The van der Waals surface area contributed by atoms with E-state index in [1.165, 1.54) is 22.3 Å². The van der Waals surface area contributed by atoms with Gasteiger partial charge in [0.25, 0.3) is 6.48 Å². The number of carbonyl (C=O) groups is 1. The van der Waals surface area contributed by atoms with Crippen LogP contribution in [-0.4, -0.2) is 78.8 Å². The molecule has 14 atom stereocenters. The van der Waals surface area contributed by atoms with Gasteiger partial charge in [-0.05, 0) is 110 Å². The van der Waals surface area contributed by atoms with Crippen molar-refractivity contribution in [2.45, 2.75) is 182 Å². The van der Waals surface area contributed by atoms with Crippen LogP contribution in [0, 0.1) is 64.1 Å². The van der Waals surface area contributed by atoms with Crippen molar-refractivity contribution in [1.29, 1.82) is 5.26 Å². The minimum atomic E-state index is -0.616. The van der Waals surface area contributed by atoms with Crippen molar-refractivity contribution in [2.75, 3.05) is 26.4 Å². The third-order valence-electron chi connectivity index (χ3n) is 18.8. The van der Waals surface area contributed by atoms with Crippen LogP contribution in [0.25, 0.3) is 0 Å². The van der Waals surface area contributed by atoms with Crippen LogP contribution in [0.4, 0.5) is 0 Å². The molecule has 9 fully saturated rings. The van der Waals surface area contributed by atoms with Gasteiger partial charge in [-0.15, -0.1) is 0 Å². The average Bonchev–Trinajstić information content (AvgIpc) is 3.97. The van der Waals surface area contributed by atoms with E-state index in [1.54, 1.807) is 5.57 Å². The Morgan fingerprint density at radius 1 is 0.721 bits per heavy atom. The molecule has 10 heteroatoms. The van der Waals surface area contributed by atoms with E-state index in [2.05, 4.69) is 67.2 Å². The lowest BCUT2D eigenvalue weighted by molar-refractivity contribution is -0.442. The number of Topliss-reactive ketones (excluding diaryl/α,β-unsaturated/α-hetero) is 1. The molecule has 5 heterocycles. The Kier molecular flexibility index (Phi) is 11.5. The molecule has 0 radical (unpaired) electrons. The number of hydrogen-bond acceptors (Lipinski definition) is 10. The number of rotatable bonds is 0. The van der Waals surface area contributed by atoms with E-state index in [0.717, 1.165) is 89.4 Å². The Morgan fingerprint density at radius 2 is 1.33 bits per heavy atom. The second kappa shape index (κ2) is 15.5. The summed E-state index contributed by atoms with van der Waals surface area (Å²) >= 11 is 0. The molecule has 13 rings (SSSR count). The van der Waals surface area contributed by atoms with Gasteiger partial charge in [0.05, 0.1) is 44.2 Å². The van der Waals surface area contributed by atoms with Gasteiger partial charge in [-0.3, -0.25) is 4.79 Å². The fraction of sp³-hybridized carbons (Fsp3) is 0.804. The third kappa shape index (κ3) is 6.17. The predicted octanol–water partition coefficient (Wildman–Crippen LogP) is 9.67. The summed E-state index contributed by atoms with van der Waals surface area (Å²) < 4.78 is 43.2. The number of carbonyl (C=O) groups excluding carboxylic acids is 1. The maximum Gasteiger partial charge on any atom is 0.273 e. The fourth-order valence-corrected chi connectivity index (χ4v) is 15.5. The molecule has 0 amide bonds. The van der Waals surface area contributed by atoms with Gasteiger partial charge in [0.1, 0.15) is 5.60 Å². The Hall–Kier alpha value is -2.20. The number of nitriles is 1. The Bertz CT molecular complexity index is 1920. The van der Waals surface area contributed by atoms with Crippen molar-refractivity contribution in [3.63, 3.8) is 0 Å². The zero-order chi connectivity index (χ0) is 41.5. The van der Waals surface area contributed by atoms with Crippen molar-refractivity contribution >= 4 is 5.78 Å². The van der Waals surface area contributed by atoms with Gasteiger partial charge in [-0.1, -0.05) is 80.5 Å². The number of allylic oxidation sites excluding steroid dienone is 6. The van der Waals surface area contributed by atoms with Gasteiger partial charge in [-0.2, -0.15) is 0 Å². The van der Waals surface area contributed by atoms with E-state index in [0.29, 0.717) is 55.1 Å². The Labute approximate surface area is 365 Å². The molecule has 8 aliphatic carbocycles. The van der Waals surface area contributed by atoms with Gasteiger partial charge in [0.2, 0.25) is 0 Å². The van der Waals surface area contributed by atoms with Gasteiger partial charge < -0.3 is 38.3 Å². The molecule has 5 saturated heterocycles. The Morgan fingerprint density at radius 3 is 1.98 bits per heavy atom. The van der Waals surface area contributed by atoms with E-state index < -0.39 is 17.9 Å². The molecule has 3 spiro atoms. The highest BCUT2D eigenvalue weighted by molar-refractivity contribution is 6.01. The summed E-state index contributed by atoms with van der Waals surface area (Å²) in [5.74, 6) is 2.57. The van der Waals surface area contributed by atoms with E-state index in [-0.39, 0.29) is 61.0 Å². The molecule has 0 aromatic carbocycles. The van der Waals surface area contributed by atoms with Crippen LogP contribution in [0.2, 0.25) is 0 Å². The average molecular weight is 846 g/mol. The highest BCUT2D eigenvalue weighted by atomic mass is 16.9. The van der Waals surface area contributed by atoms with E-state index in [4.69, 9.17) is 38.4 Å². The molecule has 5 aliphatic heterocycles. The molecular weight excluding hydrogens is 771 g/mol. The van der Waals surface area contributed by atoms with Crippen molar-refractivity contribution in [1.82, 2.24) is 0 Å². The first kappa shape index (κ1) is 45.4. The number of ether oxygens (including phenoxy) is 7. The van der Waals surface area contributed by atoms with Gasteiger partial charge >= 0.3 is 0 Å². The molecule has 4 saturated carbocycles. The molecule has 10 nitrogen and oxygen atoms in total. The van der Waals surface area contributed by atoms with E-state index >= 15 is 0 Å². The molecule has 1 N–H and O–H groups in total. The smallest absolute Gasteiger partial charge is 0.273 e. The lowest BCUT2D eigenvalue weighted by Crippen LogP contribution is -2.66. The van der Waals surface area contributed by atoms with Gasteiger partial charge in [0, 0.05) is 54.6 Å². The van der Waals surface area contributed by atoms with Gasteiger partial charge in [-0.25, -0.2) is 5.26 Å². The summed E-state index contributed by atoms with van der Waals surface area (Å²) in [7, 11) is 0. The van der Waals surface area contributed by atoms with Crippen LogP contribution < -0.4 is 0 Å². The summed E-state index contributed by atoms with van der Waals surface area (Å²) in [5, 5.41) is 18.2. The first-order chi connectivity index (χ1) is 28.2. The van der Waals surface area contributed by atoms with Gasteiger partial charge in [0.15, 0.2) is 17.4 Å². The van der Waals surface area contributed by atoms with E-state index in [9.17, 15) is 9.90 Å². The second-order valence-electron chi connectivity index (χ2n) is 21.3. The fourth-order valence-electron chi connectivity index (χ4n) is 15.5. The SMILES string of the molecule is C.C.C#N.CC1C2CC34CCC5=C(C=C3C1OC(O2)O4)C(=O)C[C@@]1(C)[C@H]5CCC12OCCO2.CC1C[C@@]2(C)[C@@H](CCC23OCCO3)C2=C1C=C1[C@@H](C)[C@H](C)[C@@H](C)C[C@]1(O)CC2. The van der Waals surface area contributed by atoms with Crippen LogP contribution in [0.15, 0.2) is 45.6 Å². The summed E-state index contributed by atoms with van der Waals surface area (Å²) in [6, 6.07) is 0. The lowest BCUT2D eigenvalue weighted by Gasteiger charge is -2.59. The number of nitrogens with zero attached hydrogens (tertiary/aromatic N) is 1. The molecule has 338 valence electrons. The van der Waals surface area contributed by atoms with Crippen LogP contribution in [-0.2, 0) is 38.0 Å².